The van der Waals surface area contributed by atoms with Gasteiger partial charge in [-0.3, -0.25) is 4.79 Å². The number of hydrogen-bond donors (Lipinski definition) is 3. The Kier molecular flexibility index (Phi) is 6.37. The minimum atomic E-state index is -4.15. The minimum absolute atomic E-state index is 0.123. The Morgan fingerprint density at radius 2 is 1.70 bits per heavy atom. The number of fused-ring (bicyclic) bond motifs is 1. The summed E-state index contributed by atoms with van der Waals surface area (Å²) in [7, 11) is -4.15. The maximum absolute atomic E-state index is 13.6. The number of benzene rings is 3. The molecule has 3 N–H and O–H groups in total. The number of carboxylic acids is 1. The Hall–Kier alpha value is -3.40. The maximum Gasteiger partial charge on any atom is 0.322 e. The number of nitrogens with one attached hydrogen (secondary N) is 2. The lowest BCUT2D eigenvalue weighted by Crippen LogP contribution is -2.42. The van der Waals surface area contributed by atoms with Gasteiger partial charge >= 0.3 is 5.97 Å². The molecule has 0 saturated heterocycles. The van der Waals surface area contributed by atoms with Gasteiger partial charge in [0.05, 0.1) is 4.90 Å². The lowest BCUT2D eigenvalue weighted by atomic mass is 10.1. The molecule has 1 unspecified atom stereocenters. The lowest BCUT2D eigenvalue weighted by Gasteiger charge is -2.15. The number of H-pyrrole nitrogens is 1. The fourth-order valence-corrected chi connectivity index (χ4v) is 4.61. The van der Waals surface area contributed by atoms with Crippen molar-refractivity contribution in [2.75, 3.05) is 0 Å². The number of rotatable bonds is 8. The van der Waals surface area contributed by atoms with E-state index < -0.39 is 27.9 Å². The smallest absolute Gasteiger partial charge is 0.322 e. The molecule has 1 aromatic heterocycles. The van der Waals surface area contributed by atoms with Gasteiger partial charge in [-0.15, -0.1) is 0 Å². The number of sulfonamides is 1. The first-order chi connectivity index (χ1) is 15.7. The van der Waals surface area contributed by atoms with Crippen molar-refractivity contribution < 1.29 is 27.4 Å². The molecule has 4 aromatic rings. The van der Waals surface area contributed by atoms with Gasteiger partial charge in [0.2, 0.25) is 10.0 Å². The van der Waals surface area contributed by atoms with Crippen LogP contribution in [0.25, 0.3) is 10.9 Å². The van der Waals surface area contributed by atoms with E-state index in [1.165, 1.54) is 48.7 Å². The summed E-state index contributed by atoms with van der Waals surface area (Å²) in [6, 6.07) is 14.8. The summed E-state index contributed by atoms with van der Waals surface area (Å²) in [5.74, 6) is -0.912. The molecule has 0 bridgehead atoms. The van der Waals surface area contributed by atoms with E-state index in [1.54, 1.807) is 24.3 Å². The van der Waals surface area contributed by atoms with Crippen molar-refractivity contribution in [3.63, 3.8) is 0 Å². The standard InChI is InChI=1S/C23H18ClFN2O5S/c24-15-1-4-17(5-2-15)32-18-6-8-19(9-7-18)33(30,31)27-22(23(28)29)11-14-13-26-21-10-3-16(25)12-20(14)21/h1-10,12-13,22,26-27H,11H2,(H,28,29). The average Bonchev–Trinajstić information content (AvgIpc) is 3.17. The molecule has 7 nitrogen and oxygen atoms in total. The molecule has 4 rings (SSSR count). The topological polar surface area (TPSA) is 108 Å². The zero-order valence-electron chi connectivity index (χ0n) is 17.0. The monoisotopic (exact) mass is 488 g/mol. The molecule has 0 radical (unpaired) electrons. The summed E-state index contributed by atoms with van der Waals surface area (Å²) in [5.41, 5.74) is 1.10. The molecule has 0 aliphatic carbocycles. The van der Waals surface area contributed by atoms with Crippen molar-refractivity contribution in [2.24, 2.45) is 0 Å². The summed E-state index contributed by atoms with van der Waals surface area (Å²) >= 11 is 5.84. The number of carboxylic acid groups (broad SMARTS) is 1. The zero-order chi connectivity index (χ0) is 23.6. The molecule has 33 heavy (non-hydrogen) atoms. The average molecular weight is 489 g/mol. The quantitative estimate of drug-likeness (QED) is 0.332. The molecule has 0 fully saturated rings. The number of carbonyl (C=O) groups is 1. The van der Waals surface area contributed by atoms with Gasteiger partial charge in [0.15, 0.2) is 0 Å². The highest BCUT2D eigenvalue weighted by atomic mass is 35.5. The van der Waals surface area contributed by atoms with Crippen LogP contribution in [0.15, 0.2) is 77.8 Å². The molecule has 1 heterocycles. The fourth-order valence-electron chi connectivity index (χ4n) is 3.30. The number of aliphatic carboxylic acids is 1. The molecule has 10 heteroatoms. The van der Waals surface area contributed by atoms with Crippen LogP contribution in [0.3, 0.4) is 0 Å². The molecular weight excluding hydrogens is 471 g/mol. The van der Waals surface area contributed by atoms with Crippen LogP contribution in [-0.2, 0) is 21.2 Å². The van der Waals surface area contributed by atoms with Gasteiger partial charge in [-0.1, -0.05) is 11.6 Å². The summed E-state index contributed by atoms with van der Waals surface area (Å²) in [6.07, 6.45) is 1.37. The second-order valence-electron chi connectivity index (χ2n) is 7.25. The third kappa shape index (κ3) is 5.33. The number of aromatic amines is 1. The van der Waals surface area contributed by atoms with Crippen LogP contribution in [0.4, 0.5) is 4.39 Å². The first-order valence-electron chi connectivity index (χ1n) is 9.75. The summed E-state index contributed by atoms with van der Waals surface area (Å²) in [5, 5.41) is 10.6. The van der Waals surface area contributed by atoms with Gasteiger partial charge in [-0.05, 0) is 72.3 Å². The molecule has 0 amide bonds. The van der Waals surface area contributed by atoms with Crippen LogP contribution in [0.5, 0.6) is 11.5 Å². The lowest BCUT2D eigenvalue weighted by molar-refractivity contribution is -0.138. The first-order valence-corrected chi connectivity index (χ1v) is 11.6. The van der Waals surface area contributed by atoms with E-state index in [9.17, 15) is 22.7 Å². The van der Waals surface area contributed by atoms with Crippen LogP contribution >= 0.6 is 11.6 Å². The van der Waals surface area contributed by atoms with Gasteiger partial charge < -0.3 is 14.8 Å². The number of hydrogen-bond acceptors (Lipinski definition) is 4. The van der Waals surface area contributed by atoms with Crippen LogP contribution in [-0.4, -0.2) is 30.5 Å². The SMILES string of the molecule is O=C(O)C(Cc1c[nH]c2ccc(F)cc12)NS(=O)(=O)c1ccc(Oc2ccc(Cl)cc2)cc1. The van der Waals surface area contributed by atoms with E-state index in [4.69, 9.17) is 16.3 Å². The van der Waals surface area contributed by atoms with Crippen LogP contribution in [0.1, 0.15) is 5.56 Å². The van der Waals surface area contributed by atoms with Crippen molar-refractivity contribution in [1.82, 2.24) is 9.71 Å². The molecule has 170 valence electrons. The number of aromatic nitrogens is 1. The predicted octanol–water partition coefficient (Wildman–Crippen LogP) is 4.73. The summed E-state index contributed by atoms with van der Waals surface area (Å²) < 4.78 is 47.1. The zero-order valence-corrected chi connectivity index (χ0v) is 18.5. The molecule has 0 aliphatic heterocycles. The van der Waals surface area contributed by atoms with Gasteiger partial charge in [-0.2, -0.15) is 4.72 Å². The molecule has 1 atom stereocenters. The van der Waals surface area contributed by atoms with Crippen molar-refractivity contribution in [3.05, 3.63) is 89.3 Å². The van der Waals surface area contributed by atoms with Crippen molar-refractivity contribution in [1.29, 1.82) is 0 Å². The highest BCUT2D eigenvalue weighted by Gasteiger charge is 2.26. The van der Waals surface area contributed by atoms with E-state index in [0.717, 1.165) is 0 Å². The Labute approximate surface area is 193 Å². The van der Waals surface area contributed by atoms with Crippen molar-refractivity contribution >= 4 is 38.5 Å². The maximum atomic E-state index is 13.6. The van der Waals surface area contributed by atoms with E-state index in [-0.39, 0.29) is 11.3 Å². The first kappa shape index (κ1) is 22.8. The van der Waals surface area contributed by atoms with E-state index in [0.29, 0.717) is 33.0 Å². The van der Waals surface area contributed by atoms with Crippen molar-refractivity contribution in [3.8, 4) is 11.5 Å². The highest BCUT2D eigenvalue weighted by molar-refractivity contribution is 7.89. The van der Waals surface area contributed by atoms with E-state index >= 15 is 0 Å². The highest BCUT2D eigenvalue weighted by Crippen LogP contribution is 2.25. The van der Waals surface area contributed by atoms with E-state index in [2.05, 4.69) is 9.71 Å². The third-order valence-electron chi connectivity index (χ3n) is 4.93. The van der Waals surface area contributed by atoms with Crippen molar-refractivity contribution in [2.45, 2.75) is 17.4 Å². The van der Waals surface area contributed by atoms with Crippen LogP contribution < -0.4 is 9.46 Å². The summed E-state index contributed by atoms with van der Waals surface area (Å²) in [4.78, 5) is 14.6. The Morgan fingerprint density at radius 1 is 1.06 bits per heavy atom. The minimum Gasteiger partial charge on any atom is -0.480 e. The van der Waals surface area contributed by atoms with Gasteiger partial charge in [-0.25, -0.2) is 12.8 Å². The molecule has 0 spiro atoms. The molecule has 3 aromatic carbocycles. The number of ether oxygens (including phenoxy) is 1. The Balaban J connectivity index is 1.51. The second kappa shape index (κ2) is 9.22. The van der Waals surface area contributed by atoms with Gasteiger partial charge in [0.25, 0.3) is 0 Å². The molecule has 0 aliphatic rings. The third-order valence-corrected chi connectivity index (χ3v) is 6.67. The Morgan fingerprint density at radius 3 is 2.33 bits per heavy atom. The Bertz CT molecular complexity index is 1400. The number of halogens is 2. The predicted molar refractivity (Wildman–Crippen MR) is 122 cm³/mol. The van der Waals surface area contributed by atoms with Crippen LogP contribution in [0.2, 0.25) is 5.02 Å². The second-order valence-corrected chi connectivity index (χ2v) is 9.40. The van der Waals surface area contributed by atoms with E-state index in [1.807, 2.05) is 0 Å². The normalized spacial score (nSPS) is 12.5. The van der Waals surface area contributed by atoms with Gasteiger partial charge in [0, 0.05) is 28.5 Å². The molecular formula is C23H18ClFN2O5S. The van der Waals surface area contributed by atoms with Crippen LogP contribution in [0, 0.1) is 5.82 Å². The molecule has 0 saturated carbocycles. The fraction of sp³-hybridized carbons (Fsp3) is 0.0870. The van der Waals surface area contributed by atoms with Gasteiger partial charge in [0.1, 0.15) is 23.4 Å². The largest absolute Gasteiger partial charge is 0.480 e. The summed E-state index contributed by atoms with van der Waals surface area (Å²) in [6.45, 7) is 0.